The van der Waals surface area contributed by atoms with Crippen LogP contribution in [0.15, 0.2) is 30.3 Å². The molecule has 2 heterocycles. The van der Waals surface area contributed by atoms with Gasteiger partial charge in [0.05, 0.1) is 11.8 Å². The number of nitrogens with zero attached hydrogens (tertiary/aromatic N) is 2. The molecule has 0 saturated carbocycles. The second-order valence-electron chi connectivity index (χ2n) is 4.81. The van der Waals surface area contributed by atoms with Crippen LogP contribution in [-0.4, -0.2) is 21.0 Å². The first-order chi connectivity index (χ1) is 10.5. The van der Waals surface area contributed by atoms with Crippen molar-refractivity contribution in [3.63, 3.8) is 0 Å². The van der Waals surface area contributed by atoms with E-state index in [9.17, 15) is 4.79 Å². The molecule has 0 aliphatic carbocycles. The number of nitrogens with one attached hydrogen (secondary N) is 1. The molecule has 0 bridgehead atoms. The molecule has 2 N–H and O–H groups in total. The molecule has 22 heavy (non-hydrogen) atoms. The minimum Gasteiger partial charge on any atom is -0.481 e. The van der Waals surface area contributed by atoms with E-state index < -0.39 is 5.97 Å². The first-order valence-electron chi connectivity index (χ1n) is 6.53. The van der Waals surface area contributed by atoms with Gasteiger partial charge in [-0.2, -0.15) is 4.98 Å². The molecule has 3 rings (SSSR count). The zero-order chi connectivity index (χ0) is 15.7. The number of hydrogen-bond donors (Lipinski definition) is 2. The summed E-state index contributed by atoms with van der Waals surface area (Å²) in [6, 6.07) is 9.20. The van der Waals surface area contributed by atoms with Crippen LogP contribution >= 0.6 is 22.9 Å². The average molecular weight is 334 g/mol. The smallest absolute Gasteiger partial charge is 0.307 e. The fraction of sp³-hybridized carbons (Fsp3) is 0.133. The summed E-state index contributed by atoms with van der Waals surface area (Å²) in [5, 5.41) is 13.1. The maximum absolute atomic E-state index is 10.7. The molecule has 0 unspecified atom stereocenters. The quantitative estimate of drug-likeness (QED) is 0.705. The number of carboxylic acids is 1. The molecule has 112 valence electrons. The number of carbonyl (C=O) groups is 1. The van der Waals surface area contributed by atoms with E-state index in [0.29, 0.717) is 5.82 Å². The topological polar surface area (TPSA) is 75.1 Å². The Labute approximate surface area is 135 Å². The van der Waals surface area contributed by atoms with Crippen molar-refractivity contribution in [2.45, 2.75) is 13.3 Å². The molecule has 0 radical (unpaired) electrons. The Hall–Kier alpha value is -2.18. The highest BCUT2D eigenvalue weighted by molar-refractivity contribution is 7.18. The molecule has 0 fully saturated rings. The number of benzene rings is 1. The molecular weight excluding hydrogens is 322 g/mol. The number of anilines is 2. The predicted molar refractivity (Wildman–Crippen MR) is 88.2 cm³/mol. The van der Waals surface area contributed by atoms with E-state index in [1.165, 1.54) is 0 Å². The van der Waals surface area contributed by atoms with Crippen molar-refractivity contribution < 1.29 is 9.90 Å². The van der Waals surface area contributed by atoms with Crippen LogP contribution in [0, 0.1) is 6.92 Å². The molecule has 0 spiro atoms. The van der Waals surface area contributed by atoms with E-state index in [1.807, 2.05) is 25.1 Å². The monoisotopic (exact) mass is 333 g/mol. The lowest BCUT2D eigenvalue weighted by Crippen LogP contribution is -2.00. The summed E-state index contributed by atoms with van der Waals surface area (Å²) in [5.41, 5.74) is 1.56. The van der Waals surface area contributed by atoms with Gasteiger partial charge in [0.15, 0.2) is 0 Å². The highest BCUT2D eigenvalue weighted by atomic mass is 35.5. The summed E-state index contributed by atoms with van der Waals surface area (Å²) in [6.07, 6.45) is 0.00753. The van der Waals surface area contributed by atoms with Crippen LogP contribution in [0.2, 0.25) is 5.28 Å². The van der Waals surface area contributed by atoms with Gasteiger partial charge in [0.1, 0.15) is 10.6 Å². The largest absolute Gasteiger partial charge is 0.481 e. The number of aryl methyl sites for hydroxylation is 1. The Morgan fingerprint density at radius 1 is 1.32 bits per heavy atom. The molecule has 3 aromatic rings. The Balaban J connectivity index is 1.91. The van der Waals surface area contributed by atoms with Gasteiger partial charge in [-0.3, -0.25) is 4.79 Å². The molecule has 0 aliphatic heterocycles. The average Bonchev–Trinajstić information content (AvgIpc) is 2.81. The Kier molecular flexibility index (Phi) is 3.96. The fourth-order valence-electron chi connectivity index (χ4n) is 2.13. The summed E-state index contributed by atoms with van der Waals surface area (Å²) in [4.78, 5) is 21.1. The number of hydrogen-bond acceptors (Lipinski definition) is 5. The van der Waals surface area contributed by atoms with Crippen LogP contribution in [0.5, 0.6) is 0 Å². The molecule has 5 nitrogen and oxygen atoms in total. The number of halogens is 1. The minimum absolute atomic E-state index is 0.00753. The van der Waals surface area contributed by atoms with Crippen molar-refractivity contribution in [1.29, 1.82) is 0 Å². The van der Waals surface area contributed by atoms with Gasteiger partial charge in [-0.25, -0.2) is 4.98 Å². The van der Waals surface area contributed by atoms with Gasteiger partial charge < -0.3 is 10.4 Å². The third-order valence-electron chi connectivity index (χ3n) is 3.06. The Morgan fingerprint density at radius 2 is 2.05 bits per heavy atom. The SMILES string of the molecule is Cc1cc2c(Nc3ccc(CC(=O)O)cc3)nc(Cl)nc2s1. The molecule has 1 aromatic carbocycles. The van der Waals surface area contributed by atoms with E-state index in [2.05, 4.69) is 15.3 Å². The summed E-state index contributed by atoms with van der Waals surface area (Å²) in [5.74, 6) is -0.205. The number of fused-ring (bicyclic) bond motifs is 1. The zero-order valence-electron chi connectivity index (χ0n) is 11.6. The molecule has 0 atom stereocenters. The first-order valence-corrected chi connectivity index (χ1v) is 7.72. The summed E-state index contributed by atoms with van der Waals surface area (Å²) < 4.78 is 0. The molecule has 0 aliphatic rings. The van der Waals surface area contributed by atoms with Crippen molar-refractivity contribution in [3.05, 3.63) is 46.1 Å². The lowest BCUT2D eigenvalue weighted by Gasteiger charge is -2.07. The van der Waals surface area contributed by atoms with E-state index in [0.717, 1.165) is 26.3 Å². The van der Waals surface area contributed by atoms with E-state index >= 15 is 0 Å². The second-order valence-corrected chi connectivity index (χ2v) is 6.38. The maximum atomic E-state index is 10.7. The van der Waals surface area contributed by atoms with Crippen molar-refractivity contribution in [2.24, 2.45) is 0 Å². The van der Waals surface area contributed by atoms with Crippen molar-refractivity contribution in [2.75, 3.05) is 5.32 Å². The van der Waals surface area contributed by atoms with Crippen LogP contribution in [0.25, 0.3) is 10.2 Å². The van der Waals surface area contributed by atoms with E-state index in [1.54, 1.807) is 23.5 Å². The molecule has 0 amide bonds. The third-order valence-corrected chi connectivity index (χ3v) is 4.17. The van der Waals surface area contributed by atoms with Gasteiger partial charge in [0.25, 0.3) is 0 Å². The summed E-state index contributed by atoms with van der Waals surface area (Å²) >= 11 is 7.52. The number of aromatic nitrogens is 2. The zero-order valence-corrected chi connectivity index (χ0v) is 13.2. The van der Waals surface area contributed by atoms with Gasteiger partial charge in [0, 0.05) is 10.6 Å². The first kappa shape index (κ1) is 14.7. The number of carboxylic acid groups (broad SMARTS) is 1. The second kappa shape index (κ2) is 5.90. The van der Waals surface area contributed by atoms with Crippen molar-refractivity contribution in [1.82, 2.24) is 9.97 Å². The summed E-state index contributed by atoms with van der Waals surface area (Å²) in [7, 11) is 0. The van der Waals surface area contributed by atoms with Gasteiger partial charge >= 0.3 is 5.97 Å². The van der Waals surface area contributed by atoms with Gasteiger partial charge in [-0.1, -0.05) is 12.1 Å². The lowest BCUT2D eigenvalue weighted by molar-refractivity contribution is -0.136. The van der Waals surface area contributed by atoms with Crippen molar-refractivity contribution >= 4 is 50.6 Å². The lowest BCUT2D eigenvalue weighted by atomic mass is 10.1. The molecule has 0 saturated heterocycles. The molecular formula is C15H12ClN3O2S. The normalized spacial score (nSPS) is 10.8. The fourth-order valence-corrected chi connectivity index (χ4v) is 3.23. The molecule has 2 aromatic heterocycles. The van der Waals surface area contributed by atoms with E-state index in [-0.39, 0.29) is 11.7 Å². The standard InChI is InChI=1S/C15H12ClN3O2S/c1-8-6-11-13(18-15(16)19-14(11)22-8)17-10-4-2-9(3-5-10)7-12(20)21/h2-6H,7H2,1H3,(H,20,21)(H,17,18,19). The Morgan fingerprint density at radius 3 is 2.73 bits per heavy atom. The minimum atomic E-state index is -0.848. The van der Waals surface area contributed by atoms with Gasteiger partial charge in [-0.05, 0) is 42.3 Å². The highest BCUT2D eigenvalue weighted by Gasteiger charge is 2.10. The molecule has 7 heteroatoms. The van der Waals surface area contributed by atoms with Crippen LogP contribution in [-0.2, 0) is 11.2 Å². The van der Waals surface area contributed by atoms with Crippen molar-refractivity contribution in [3.8, 4) is 0 Å². The predicted octanol–water partition coefficient (Wildman–Crippen LogP) is 4.02. The highest BCUT2D eigenvalue weighted by Crippen LogP contribution is 2.31. The van der Waals surface area contributed by atoms with Crippen LogP contribution < -0.4 is 5.32 Å². The van der Waals surface area contributed by atoms with Gasteiger partial charge in [0.2, 0.25) is 5.28 Å². The third kappa shape index (κ3) is 3.18. The van der Waals surface area contributed by atoms with Crippen LogP contribution in [0.1, 0.15) is 10.4 Å². The number of rotatable bonds is 4. The number of thiophene rings is 1. The van der Waals surface area contributed by atoms with Crippen LogP contribution in [0.4, 0.5) is 11.5 Å². The maximum Gasteiger partial charge on any atom is 0.307 e. The van der Waals surface area contributed by atoms with E-state index in [4.69, 9.17) is 16.7 Å². The summed E-state index contributed by atoms with van der Waals surface area (Å²) in [6.45, 7) is 2.00. The van der Waals surface area contributed by atoms with Crippen LogP contribution in [0.3, 0.4) is 0 Å². The van der Waals surface area contributed by atoms with Gasteiger partial charge in [-0.15, -0.1) is 11.3 Å². The Bertz CT molecular complexity index is 846. The number of aliphatic carboxylic acids is 1.